The molecule has 0 aromatic carbocycles. The van der Waals surface area contributed by atoms with Crippen LogP contribution in [0.2, 0.25) is 0 Å². The molecule has 1 N–H and O–H groups in total. The van der Waals surface area contributed by atoms with Gasteiger partial charge in [0.15, 0.2) is 0 Å². The molecular formula is C8H13ClF3N. The van der Waals surface area contributed by atoms with Crippen molar-refractivity contribution >= 4 is 12.4 Å². The van der Waals surface area contributed by atoms with E-state index in [0.29, 0.717) is 6.54 Å². The minimum atomic E-state index is -4.00. The molecule has 78 valence electrons. The molecular weight excluding hydrogens is 203 g/mol. The van der Waals surface area contributed by atoms with Crippen LogP contribution in [0.15, 0.2) is 0 Å². The zero-order valence-corrected chi connectivity index (χ0v) is 7.97. The van der Waals surface area contributed by atoms with Gasteiger partial charge >= 0.3 is 6.18 Å². The van der Waals surface area contributed by atoms with Crippen molar-refractivity contribution in [1.29, 1.82) is 0 Å². The van der Waals surface area contributed by atoms with Crippen molar-refractivity contribution in [3.05, 3.63) is 0 Å². The van der Waals surface area contributed by atoms with Crippen LogP contribution in [0, 0.1) is 11.3 Å². The molecule has 1 nitrogen and oxygen atoms in total. The molecule has 0 amide bonds. The van der Waals surface area contributed by atoms with Gasteiger partial charge in [-0.3, -0.25) is 0 Å². The van der Waals surface area contributed by atoms with Gasteiger partial charge in [-0.15, -0.1) is 12.4 Å². The van der Waals surface area contributed by atoms with E-state index in [1.807, 2.05) is 0 Å². The molecule has 0 aromatic rings. The summed E-state index contributed by atoms with van der Waals surface area (Å²) in [6.45, 7) is 0.695. The number of alkyl halides is 3. The first kappa shape index (κ1) is 11.1. The van der Waals surface area contributed by atoms with E-state index in [-0.39, 0.29) is 19.0 Å². The second-order valence-corrected chi connectivity index (χ2v) is 3.94. The zero-order chi connectivity index (χ0) is 8.82. The summed E-state index contributed by atoms with van der Waals surface area (Å²) in [7, 11) is 0. The topological polar surface area (TPSA) is 12.0 Å². The molecule has 2 rings (SSSR count). The lowest BCUT2D eigenvalue weighted by molar-refractivity contribution is -0.205. The van der Waals surface area contributed by atoms with Crippen molar-refractivity contribution in [3.63, 3.8) is 0 Å². The second kappa shape index (κ2) is 3.31. The minimum Gasteiger partial charge on any atom is -0.316 e. The summed E-state index contributed by atoms with van der Waals surface area (Å²) in [4.78, 5) is 0. The van der Waals surface area contributed by atoms with Crippen LogP contribution in [0.5, 0.6) is 0 Å². The Labute approximate surface area is 81.5 Å². The molecule has 1 unspecified atom stereocenters. The Bertz CT molecular complexity index is 188. The normalized spacial score (nSPS) is 31.2. The predicted molar refractivity (Wildman–Crippen MR) is 45.9 cm³/mol. The third-order valence-corrected chi connectivity index (χ3v) is 3.31. The third kappa shape index (κ3) is 1.66. The molecule has 1 aliphatic heterocycles. The number of hydrogen-bond acceptors (Lipinski definition) is 1. The first-order chi connectivity index (χ1) is 5.55. The van der Waals surface area contributed by atoms with Crippen molar-refractivity contribution in [2.75, 3.05) is 13.1 Å². The van der Waals surface area contributed by atoms with Crippen LogP contribution in [-0.2, 0) is 0 Å². The molecule has 1 heterocycles. The van der Waals surface area contributed by atoms with Gasteiger partial charge in [0.1, 0.15) is 0 Å². The Morgan fingerprint density at radius 2 is 1.85 bits per heavy atom. The van der Waals surface area contributed by atoms with E-state index < -0.39 is 17.5 Å². The summed E-state index contributed by atoms with van der Waals surface area (Å²) in [5.41, 5.74) is -0.418. The van der Waals surface area contributed by atoms with Gasteiger partial charge in [0.25, 0.3) is 0 Å². The molecule has 1 saturated heterocycles. The SMILES string of the molecule is Cl.FC(F)(F)C1CNCC12CCC2. The minimum absolute atomic E-state index is 0. The van der Waals surface area contributed by atoms with Crippen LogP contribution >= 0.6 is 12.4 Å². The van der Waals surface area contributed by atoms with Gasteiger partial charge in [-0.05, 0) is 18.3 Å². The van der Waals surface area contributed by atoms with Gasteiger partial charge in [-0.1, -0.05) is 6.42 Å². The van der Waals surface area contributed by atoms with Crippen LogP contribution in [-0.4, -0.2) is 19.3 Å². The molecule has 0 aromatic heterocycles. The Kier molecular flexibility index (Phi) is 2.83. The molecule has 1 atom stereocenters. The Balaban J connectivity index is 0.000000845. The van der Waals surface area contributed by atoms with Crippen LogP contribution in [0.3, 0.4) is 0 Å². The van der Waals surface area contributed by atoms with Crippen LogP contribution in [0.1, 0.15) is 19.3 Å². The number of halogens is 4. The summed E-state index contributed by atoms with van der Waals surface area (Å²) in [6, 6.07) is 0. The highest BCUT2D eigenvalue weighted by Crippen LogP contribution is 2.54. The first-order valence-electron chi connectivity index (χ1n) is 4.32. The quantitative estimate of drug-likeness (QED) is 0.654. The van der Waals surface area contributed by atoms with E-state index in [4.69, 9.17) is 0 Å². The fourth-order valence-corrected chi connectivity index (χ4v) is 2.42. The summed E-state index contributed by atoms with van der Waals surface area (Å²) in [5.74, 6) is -1.08. The van der Waals surface area contributed by atoms with Crippen molar-refractivity contribution < 1.29 is 13.2 Å². The maximum Gasteiger partial charge on any atom is 0.393 e. The van der Waals surface area contributed by atoms with Gasteiger partial charge in [0.2, 0.25) is 0 Å². The number of rotatable bonds is 0. The molecule has 0 radical (unpaired) electrons. The van der Waals surface area contributed by atoms with Gasteiger partial charge in [0.05, 0.1) is 5.92 Å². The predicted octanol–water partition coefficient (Wildman–Crippen LogP) is 2.36. The van der Waals surface area contributed by atoms with E-state index in [0.717, 1.165) is 19.3 Å². The van der Waals surface area contributed by atoms with E-state index >= 15 is 0 Å². The van der Waals surface area contributed by atoms with Crippen LogP contribution in [0.4, 0.5) is 13.2 Å². The highest BCUT2D eigenvalue weighted by molar-refractivity contribution is 5.85. The molecule has 1 saturated carbocycles. The van der Waals surface area contributed by atoms with Gasteiger partial charge in [0, 0.05) is 13.1 Å². The molecule has 2 fully saturated rings. The lowest BCUT2D eigenvalue weighted by Gasteiger charge is -2.43. The van der Waals surface area contributed by atoms with Crippen molar-refractivity contribution in [3.8, 4) is 0 Å². The van der Waals surface area contributed by atoms with Crippen LogP contribution in [0.25, 0.3) is 0 Å². The average molecular weight is 216 g/mol. The smallest absolute Gasteiger partial charge is 0.316 e. The van der Waals surface area contributed by atoms with Gasteiger partial charge in [-0.2, -0.15) is 13.2 Å². The largest absolute Gasteiger partial charge is 0.393 e. The fraction of sp³-hybridized carbons (Fsp3) is 1.00. The van der Waals surface area contributed by atoms with E-state index in [1.54, 1.807) is 0 Å². The van der Waals surface area contributed by atoms with Crippen molar-refractivity contribution in [2.24, 2.45) is 11.3 Å². The number of nitrogens with one attached hydrogen (secondary N) is 1. The molecule has 2 aliphatic rings. The van der Waals surface area contributed by atoms with E-state index in [1.165, 1.54) is 0 Å². The fourth-order valence-electron chi connectivity index (χ4n) is 2.42. The van der Waals surface area contributed by atoms with Crippen molar-refractivity contribution in [1.82, 2.24) is 5.32 Å². The monoisotopic (exact) mass is 215 g/mol. The molecule has 1 aliphatic carbocycles. The van der Waals surface area contributed by atoms with Gasteiger partial charge in [-0.25, -0.2) is 0 Å². The maximum atomic E-state index is 12.4. The van der Waals surface area contributed by atoms with Crippen LogP contribution < -0.4 is 5.32 Å². The first-order valence-corrected chi connectivity index (χ1v) is 4.32. The van der Waals surface area contributed by atoms with E-state index in [2.05, 4.69) is 5.32 Å². The highest BCUT2D eigenvalue weighted by atomic mass is 35.5. The standard InChI is InChI=1S/C8H12F3N.ClH/c9-8(10,11)6-4-12-5-7(6)2-1-3-7;/h6,12H,1-5H2;1H. The second-order valence-electron chi connectivity index (χ2n) is 3.94. The number of hydrogen-bond donors (Lipinski definition) is 1. The summed E-state index contributed by atoms with van der Waals surface area (Å²) in [6.07, 6.45) is -1.52. The Morgan fingerprint density at radius 3 is 2.15 bits per heavy atom. The summed E-state index contributed by atoms with van der Waals surface area (Å²) in [5, 5.41) is 2.85. The summed E-state index contributed by atoms with van der Waals surface area (Å²) >= 11 is 0. The lowest BCUT2D eigenvalue weighted by atomic mass is 9.62. The zero-order valence-electron chi connectivity index (χ0n) is 7.16. The Hall–Kier alpha value is 0.0400. The highest BCUT2D eigenvalue weighted by Gasteiger charge is 2.58. The summed E-state index contributed by atoms with van der Waals surface area (Å²) < 4.78 is 37.3. The molecule has 13 heavy (non-hydrogen) atoms. The van der Waals surface area contributed by atoms with Gasteiger partial charge < -0.3 is 5.32 Å². The van der Waals surface area contributed by atoms with E-state index in [9.17, 15) is 13.2 Å². The third-order valence-electron chi connectivity index (χ3n) is 3.31. The molecule has 0 bridgehead atoms. The lowest BCUT2D eigenvalue weighted by Crippen LogP contribution is -2.43. The van der Waals surface area contributed by atoms with Crippen molar-refractivity contribution in [2.45, 2.75) is 25.4 Å². The molecule has 5 heteroatoms. The maximum absolute atomic E-state index is 12.4. The Morgan fingerprint density at radius 1 is 1.23 bits per heavy atom. The average Bonchev–Trinajstić information content (AvgIpc) is 2.25. The molecule has 1 spiro atoms.